The van der Waals surface area contributed by atoms with Crippen molar-refractivity contribution in [3.8, 4) is 0 Å². The number of sulfonamides is 1. The van der Waals surface area contributed by atoms with Gasteiger partial charge in [-0.25, -0.2) is 8.42 Å². The summed E-state index contributed by atoms with van der Waals surface area (Å²) < 4.78 is 25.9. The molecule has 1 fully saturated rings. The molecule has 0 unspecified atom stereocenters. The van der Waals surface area contributed by atoms with Crippen LogP contribution < -0.4 is 9.21 Å². The molecule has 0 radical (unpaired) electrons. The van der Waals surface area contributed by atoms with Crippen molar-refractivity contribution in [2.45, 2.75) is 13.8 Å². The molecule has 2 aromatic rings. The maximum atomic E-state index is 12.9. The minimum absolute atomic E-state index is 0.225. The summed E-state index contributed by atoms with van der Waals surface area (Å²) in [6, 6.07) is 10.7. The van der Waals surface area contributed by atoms with Crippen LogP contribution >= 0.6 is 23.2 Å². The minimum atomic E-state index is -3.63. The summed E-state index contributed by atoms with van der Waals surface area (Å²) in [6.45, 7) is 5.91. The van der Waals surface area contributed by atoms with Gasteiger partial charge in [-0.15, -0.1) is 0 Å². The lowest BCUT2D eigenvalue weighted by Crippen LogP contribution is -2.52. The number of amides is 1. The normalized spacial score (nSPS) is 14.7. The second kappa shape index (κ2) is 9.04. The summed E-state index contributed by atoms with van der Waals surface area (Å²) in [5.74, 6) is -0.225. The Morgan fingerprint density at radius 2 is 1.57 bits per heavy atom. The Balaban J connectivity index is 1.71. The Hall–Kier alpha value is -1.96. The van der Waals surface area contributed by atoms with Crippen LogP contribution in [0.3, 0.4) is 0 Å². The topological polar surface area (TPSA) is 60.9 Å². The van der Waals surface area contributed by atoms with Crippen molar-refractivity contribution >= 4 is 50.5 Å². The molecule has 0 spiro atoms. The van der Waals surface area contributed by atoms with E-state index in [2.05, 4.69) is 4.90 Å². The van der Waals surface area contributed by atoms with Crippen molar-refractivity contribution < 1.29 is 13.2 Å². The van der Waals surface area contributed by atoms with Gasteiger partial charge in [-0.3, -0.25) is 9.10 Å². The van der Waals surface area contributed by atoms with E-state index in [0.29, 0.717) is 47.5 Å². The van der Waals surface area contributed by atoms with Crippen molar-refractivity contribution in [2.24, 2.45) is 0 Å². The zero-order valence-corrected chi connectivity index (χ0v) is 19.6. The summed E-state index contributed by atoms with van der Waals surface area (Å²) >= 11 is 12.1. The number of halogens is 2. The number of piperazine rings is 1. The maximum absolute atomic E-state index is 12.9. The van der Waals surface area contributed by atoms with Crippen molar-refractivity contribution in [3.63, 3.8) is 0 Å². The highest BCUT2D eigenvalue weighted by molar-refractivity contribution is 7.92. The zero-order valence-electron chi connectivity index (χ0n) is 17.2. The third-order valence-corrected chi connectivity index (χ3v) is 6.85. The first-order valence-electron chi connectivity index (χ1n) is 9.59. The average Bonchev–Trinajstić information content (AvgIpc) is 2.68. The summed E-state index contributed by atoms with van der Waals surface area (Å²) in [6.07, 6.45) is 1.11. The van der Waals surface area contributed by atoms with Gasteiger partial charge >= 0.3 is 0 Å². The van der Waals surface area contributed by atoms with Crippen LogP contribution in [0, 0.1) is 13.8 Å². The monoisotopic (exact) mass is 469 g/mol. The molecule has 1 amide bonds. The fraction of sp³-hybridized carbons (Fsp3) is 0.381. The Morgan fingerprint density at radius 3 is 2.17 bits per heavy atom. The van der Waals surface area contributed by atoms with Crippen LogP contribution in [0.1, 0.15) is 11.1 Å². The molecule has 9 heteroatoms. The van der Waals surface area contributed by atoms with Gasteiger partial charge in [0.05, 0.1) is 11.9 Å². The van der Waals surface area contributed by atoms with Gasteiger partial charge in [0, 0.05) is 41.9 Å². The molecule has 0 N–H and O–H groups in total. The Kier molecular flexibility index (Phi) is 6.84. The quantitative estimate of drug-likeness (QED) is 0.669. The molecule has 0 aromatic heterocycles. The van der Waals surface area contributed by atoms with Gasteiger partial charge in [0.15, 0.2) is 0 Å². The molecular formula is C21H25Cl2N3O3S. The lowest BCUT2D eigenvalue weighted by Gasteiger charge is -2.37. The van der Waals surface area contributed by atoms with Crippen molar-refractivity contribution in [1.82, 2.24) is 4.90 Å². The van der Waals surface area contributed by atoms with Crippen molar-refractivity contribution in [1.29, 1.82) is 0 Å². The van der Waals surface area contributed by atoms with E-state index in [4.69, 9.17) is 23.2 Å². The number of aryl methyl sites for hydroxylation is 2. The molecule has 2 aromatic carbocycles. The highest BCUT2D eigenvalue weighted by atomic mass is 35.5. The van der Waals surface area contributed by atoms with E-state index in [9.17, 15) is 13.2 Å². The number of anilines is 2. The smallest absolute Gasteiger partial charge is 0.243 e. The third-order valence-electron chi connectivity index (χ3n) is 5.25. The molecule has 1 aliphatic rings. The SMILES string of the molecule is Cc1ccc(Cl)cc1N1CCN(C(=O)CN(c2ccc(Cl)cc2C)S(C)(=O)=O)CC1. The fourth-order valence-corrected chi connectivity index (χ4v) is 4.92. The summed E-state index contributed by atoms with van der Waals surface area (Å²) in [7, 11) is -3.63. The van der Waals surface area contributed by atoms with Crippen LogP contribution in [0.4, 0.5) is 11.4 Å². The van der Waals surface area contributed by atoms with Crippen LogP contribution in [0.15, 0.2) is 36.4 Å². The second-order valence-electron chi connectivity index (χ2n) is 7.50. The Bertz CT molecular complexity index is 1050. The first-order valence-corrected chi connectivity index (χ1v) is 12.2. The number of carbonyl (C=O) groups is 1. The van der Waals surface area contributed by atoms with Crippen LogP contribution in [0.5, 0.6) is 0 Å². The van der Waals surface area contributed by atoms with Gasteiger partial charge in [0.25, 0.3) is 0 Å². The molecule has 1 aliphatic heterocycles. The maximum Gasteiger partial charge on any atom is 0.243 e. The molecule has 0 saturated carbocycles. The van der Waals surface area contributed by atoms with Crippen molar-refractivity contribution in [2.75, 3.05) is 48.2 Å². The Morgan fingerprint density at radius 1 is 0.967 bits per heavy atom. The summed E-state index contributed by atoms with van der Waals surface area (Å²) in [4.78, 5) is 16.8. The van der Waals surface area contributed by atoms with Gasteiger partial charge in [0.2, 0.25) is 15.9 Å². The first-order chi connectivity index (χ1) is 14.1. The van der Waals surface area contributed by atoms with Gasteiger partial charge < -0.3 is 9.80 Å². The third kappa shape index (κ3) is 5.20. The molecule has 162 valence electrons. The minimum Gasteiger partial charge on any atom is -0.368 e. The van der Waals surface area contributed by atoms with E-state index in [-0.39, 0.29) is 12.5 Å². The van der Waals surface area contributed by atoms with E-state index in [1.165, 1.54) is 0 Å². The molecule has 0 aliphatic carbocycles. The van der Waals surface area contributed by atoms with Crippen LogP contribution in [0.2, 0.25) is 10.0 Å². The number of nitrogens with zero attached hydrogens (tertiary/aromatic N) is 3. The average molecular weight is 470 g/mol. The summed E-state index contributed by atoms with van der Waals surface area (Å²) in [5.41, 5.74) is 3.34. The number of carbonyl (C=O) groups excluding carboxylic acids is 1. The van der Waals surface area contributed by atoms with E-state index < -0.39 is 10.0 Å². The van der Waals surface area contributed by atoms with E-state index in [1.54, 1.807) is 30.0 Å². The second-order valence-corrected chi connectivity index (χ2v) is 10.3. The highest BCUT2D eigenvalue weighted by Gasteiger charge is 2.27. The van der Waals surface area contributed by atoms with E-state index in [1.807, 2.05) is 25.1 Å². The molecule has 1 saturated heterocycles. The number of rotatable bonds is 5. The molecule has 1 heterocycles. The van der Waals surface area contributed by atoms with Gasteiger partial charge in [-0.05, 0) is 55.3 Å². The molecule has 30 heavy (non-hydrogen) atoms. The standard InChI is InChI=1S/C21H25Cl2N3O3S/c1-15-4-5-18(23)13-20(15)24-8-10-25(11-9-24)21(27)14-26(30(3,28)29)19-7-6-17(22)12-16(19)2/h4-7,12-13H,8-11,14H2,1-3H3. The van der Waals surface area contributed by atoms with E-state index >= 15 is 0 Å². The number of benzene rings is 2. The molecule has 0 atom stereocenters. The fourth-order valence-electron chi connectivity index (χ4n) is 3.62. The molecule has 0 bridgehead atoms. The molecule has 6 nitrogen and oxygen atoms in total. The van der Waals surface area contributed by atoms with Crippen LogP contribution in [-0.2, 0) is 14.8 Å². The van der Waals surface area contributed by atoms with Gasteiger partial charge in [-0.1, -0.05) is 29.3 Å². The van der Waals surface area contributed by atoms with Gasteiger partial charge in [-0.2, -0.15) is 0 Å². The van der Waals surface area contributed by atoms with E-state index in [0.717, 1.165) is 21.8 Å². The van der Waals surface area contributed by atoms with Crippen molar-refractivity contribution in [3.05, 3.63) is 57.6 Å². The molecular weight excluding hydrogens is 445 g/mol. The molecule has 3 rings (SSSR count). The Labute approximate surface area is 188 Å². The van der Waals surface area contributed by atoms with Crippen LogP contribution in [-0.4, -0.2) is 58.2 Å². The predicted molar refractivity (Wildman–Crippen MR) is 123 cm³/mol. The van der Waals surface area contributed by atoms with Crippen LogP contribution in [0.25, 0.3) is 0 Å². The number of hydrogen-bond acceptors (Lipinski definition) is 4. The first kappa shape index (κ1) is 22.7. The number of hydrogen-bond donors (Lipinski definition) is 0. The zero-order chi connectivity index (χ0) is 22.1. The highest BCUT2D eigenvalue weighted by Crippen LogP contribution is 2.27. The van der Waals surface area contributed by atoms with Gasteiger partial charge in [0.1, 0.15) is 6.54 Å². The lowest BCUT2D eigenvalue weighted by molar-refractivity contribution is -0.129. The summed E-state index contributed by atoms with van der Waals surface area (Å²) in [5, 5.41) is 1.19. The lowest BCUT2D eigenvalue weighted by atomic mass is 10.1. The largest absolute Gasteiger partial charge is 0.368 e. The predicted octanol–water partition coefficient (Wildman–Crippen LogP) is 3.73.